The smallest absolute Gasteiger partial charge is 0.313 e. The Bertz CT molecular complexity index is 1210. The number of thiazole rings is 1. The first-order valence-corrected chi connectivity index (χ1v) is 11.2. The van der Waals surface area contributed by atoms with E-state index in [1.807, 2.05) is 31.1 Å². The van der Waals surface area contributed by atoms with Crippen molar-refractivity contribution >= 4 is 51.8 Å². The molecule has 3 amide bonds. The van der Waals surface area contributed by atoms with Crippen LogP contribution in [0, 0.1) is 0 Å². The molecule has 2 aromatic carbocycles. The SMILES string of the molecule is CN(C)c1ccc(NC(=O)C(=O)N2CCc3nc(C(=O)Nc4ccccc4N)sc3C2)cc1. The molecule has 170 valence electrons. The van der Waals surface area contributed by atoms with Gasteiger partial charge in [-0.3, -0.25) is 14.4 Å². The molecular formula is C23H24N6O3S. The normalized spacial score (nSPS) is 12.6. The summed E-state index contributed by atoms with van der Waals surface area (Å²) in [5, 5.41) is 5.70. The zero-order valence-electron chi connectivity index (χ0n) is 18.3. The number of nitrogens with one attached hydrogen (secondary N) is 2. The predicted molar refractivity (Wildman–Crippen MR) is 129 cm³/mol. The summed E-state index contributed by atoms with van der Waals surface area (Å²) in [6.45, 7) is 0.592. The molecule has 0 saturated heterocycles. The van der Waals surface area contributed by atoms with E-state index < -0.39 is 11.8 Å². The van der Waals surface area contributed by atoms with Crippen molar-refractivity contribution in [2.75, 3.05) is 41.9 Å². The van der Waals surface area contributed by atoms with Crippen molar-refractivity contribution in [1.82, 2.24) is 9.88 Å². The van der Waals surface area contributed by atoms with E-state index in [1.165, 1.54) is 16.2 Å². The number of para-hydroxylation sites is 2. The number of nitrogens with zero attached hydrogens (tertiary/aromatic N) is 3. The monoisotopic (exact) mass is 464 g/mol. The van der Waals surface area contributed by atoms with Crippen LogP contribution < -0.4 is 21.3 Å². The van der Waals surface area contributed by atoms with E-state index in [9.17, 15) is 14.4 Å². The van der Waals surface area contributed by atoms with Gasteiger partial charge < -0.3 is 26.2 Å². The van der Waals surface area contributed by atoms with Crippen molar-refractivity contribution in [3.63, 3.8) is 0 Å². The highest BCUT2D eigenvalue weighted by atomic mass is 32.1. The van der Waals surface area contributed by atoms with Gasteiger partial charge >= 0.3 is 11.8 Å². The standard InChI is InChI=1S/C23H24N6O3S/c1-28(2)15-9-7-14(8-10-15)25-21(31)23(32)29-12-11-18-19(13-29)33-22(27-18)20(30)26-17-6-4-3-5-16(17)24/h3-10H,11-13,24H2,1-2H3,(H,25,31)(H,26,30). The summed E-state index contributed by atoms with van der Waals surface area (Å²) in [5.74, 6) is -1.67. The second kappa shape index (κ2) is 9.29. The van der Waals surface area contributed by atoms with E-state index in [0.717, 1.165) is 16.3 Å². The Hall–Kier alpha value is -3.92. The Balaban J connectivity index is 1.39. The summed E-state index contributed by atoms with van der Waals surface area (Å²) in [4.78, 5) is 46.4. The second-order valence-corrected chi connectivity index (χ2v) is 8.89. The number of carbonyl (C=O) groups is 3. The summed E-state index contributed by atoms with van der Waals surface area (Å²) < 4.78 is 0. The van der Waals surface area contributed by atoms with Crippen molar-refractivity contribution < 1.29 is 14.4 Å². The molecule has 9 nitrogen and oxygen atoms in total. The van der Waals surface area contributed by atoms with Gasteiger partial charge in [0.2, 0.25) is 0 Å². The van der Waals surface area contributed by atoms with Gasteiger partial charge in [-0.25, -0.2) is 4.98 Å². The van der Waals surface area contributed by atoms with E-state index in [4.69, 9.17) is 5.73 Å². The molecule has 0 unspecified atom stereocenters. The average Bonchev–Trinajstić information content (AvgIpc) is 3.24. The van der Waals surface area contributed by atoms with Crippen molar-refractivity contribution in [1.29, 1.82) is 0 Å². The zero-order chi connectivity index (χ0) is 23.5. The Morgan fingerprint density at radius 3 is 2.48 bits per heavy atom. The fourth-order valence-corrected chi connectivity index (χ4v) is 4.44. The highest BCUT2D eigenvalue weighted by Crippen LogP contribution is 2.27. The number of aromatic nitrogens is 1. The quantitative estimate of drug-likeness (QED) is 0.403. The van der Waals surface area contributed by atoms with Crippen LogP contribution >= 0.6 is 11.3 Å². The topological polar surface area (TPSA) is 121 Å². The van der Waals surface area contributed by atoms with E-state index in [-0.39, 0.29) is 12.5 Å². The number of rotatable bonds is 4. The molecule has 0 spiro atoms. The molecule has 10 heteroatoms. The molecule has 0 radical (unpaired) electrons. The lowest BCUT2D eigenvalue weighted by Gasteiger charge is -2.25. The number of nitrogens with two attached hydrogens (primary N) is 1. The fourth-order valence-electron chi connectivity index (χ4n) is 3.42. The van der Waals surface area contributed by atoms with Gasteiger partial charge in [-0.1, -0.05) is 12.1 Å². The predicted octanol–water partition coefficient (Wildman–Crippen LogP) is 2.57. The second-order valence-electron chi connectivity index (χ2n) is 7.80. The van der Waals surface area contributed by atoms with Crippen molar-refractivity contribution in [3.8, 4) is 0 Å². The molecule has 0 saturated carbocycles. The molecule has 1 aliphatic heterocycles. The maximum Gasteiger partial charge on any atom is 0.313 e. The maximum absolute atomic E-state index is 12.7. The number of amides is 3. The number of fused-ring (bicyclic) bond motifs is 1. The molecule has 3 aromatic rings. The van der Waals surface area contributed by atoms with Crippen LogP contribution in [-0.2, 0) is 22.6 Å². The van der Waals surface area contributed by atoms with Gasteiger partial charge in [-0.05, 0) is 36.4 Å². The first kappa shape index (κ1) is 22.3. The van der Waals surface area contributed by atoms with E-state index in [1.54, 1.807) is 36.4 Å². The number of anilines is 4. The number of benzene rings is 2. The lowest BCUT2D eigenvalue weighted by molar-refractivity contribution is -0.143. The highest BCUT2D eigenvalue weighted by molar-refractivity contribution is 7.13. The molecule has 0 fully saturated rings. The van der Waals surface area contributed by atoms with Crippen molar-refractivity contribution in [2.45, 2.75) is 13.0 Å². The Morgan fingerprint density at radius 2 is 1.79 bits per heavy atom. The molecular weight excluding hydrogens is 440 g/mol. The van der Waals surface area contributed by atoms with E-state index >= 15 is 0 Å². The van der Waals surface area contributed by atoms with Gasteiger partial charge in [0.25, 0.3) is 5.91 Å². The molecule has 33 heavy (non-hydrogen) atoms. The van der Waals surface area contributed by atoms with Crippen molar-refractivity contribution in [2.24, 2.45) is 0 Å². The van der Waals surface area contributed by atoms with Crippen molar-refractivity contribution in [3.05, 3.63) is 64.1 Å². The summed E-state index contributed by atoms with van der Waals surface area (Å²) >= 11 is 1.22. The zero-order valence-corrected chi connectivity index (χ0v) is 19.1. The average molecular weight is 465 g/mol. The van der Waals surface area contributed by atoms with Gasteiger partial charge in [-0.15, -0.1) is 11.3 Å². The first-order chi connectivity index (χ1) is 15.8. The van der Waals surface area contributed by atoms with E-state index in [2.05, 4.69) is 15.6 Å². The van der Waals surface area contributed by atoms with Crippen LogP contribution in [0.3, 0.4) is 0 Å². The fraction of sp³-hybridized carbons (Fsp3) is 0.217. The number of nitrogen functional groups attached to an aromatic ring is 1. The molecule has 0 aliphatic carbocycles. The van der Waals surface area contributed by atoms with Crippen LogP contribution in [0.5, 0.6) is 0 Å². The lowest BCUT2D eigenvalue weighted by atomic mass is 10.1. The Labute approximate surface area is 195 Å². The van der Waals surface area contributed by atoms with Crippen LogP contribution in [0.25, 0.3) is 0 Å². The lowest BCUT2D eigenvalue weighted by Crippen LogP contribution is -2.42. The molecule has 1 aromatic heterocycles. The van der Waals surface area contributed by atoms with Crippen LogP contribution in [0.2, 0.25) is 0 Å². The highest BCUT2D eigenvalue weighted by Gasteiger charge is 2.29. The van der Waals surface area contributed by atoms with Crippen LogP contribution in [0.1, 0.15) is 20.4 Å². The number of carbonyl (C=O) groups excluding carboxylic acids is 3. The molecule has 4 rings (SSSR count). The molecule has 2 heterocycles. The molecule has 1 aliphatic rings. The van der Waals surface area contributed by atoms with E-state index in [0.29, 0.717) is 35.0 Å². The van der Waals surface area contributed by atoms with Gasteiger partial charge in [0.15, 0.2) is 5.01 Å². The molecule has 0 bridgehead atoms. The number of hydrogen-bond donors (Lipinski definition) is 3. The van der Waals surface area contributed by atoms with Gasteiger partial charge in [0.1, 0.15) is 0 Å². The van der Waals surface area contributed by atoms with Gasteiger partial charge in [0.05, 0.1) is 23.6 Å². The van der Waals surface area contributed by atoms with Crippen LogP contribution in [0.4, 0.5) is 22.7 Å². The molecule has 4 N–H and O–H groups in total. The Kier molecular flexibility index (Phi) is 6.27. The Morgan fingerprint density at radius 1 is 1.06 bits per heavy atom. The van der Waals surface area contributed by atoms with Gasteiger partial charge in [-0.2, -0.15) is 0 Å². The number of hydrogen-bond acceptors (Lipinski definition) is 7. The minimum atomic E-state index is -0.696. The maximum atomic E-state index is 12.7. The summed E-state index contributed by atoms with van der Waals surface area (Å²) in [6, 6.07) is 14.2. The van der Waals surface area contributed by atoms with Crippen LogP contribution in [0.15, 0.2) is 48.5 Å². The minimum Gasteiger partial charge on any atom is -0.397 e. The molecule has 0 atom stereocenters. The first-order valence-electron chi connectivity index (χ1n) is 10.3. The third kappa shape index (κ3) is 4.96. The van der Waals surface area contributed by atoms with Gasteiger partial charge in [0, 0.05) is 43.3 Å². The van der Waals surface area contributed by atoms with Crippen LogP contribution in [-0.4, -0.2) is 48.2 Å². The third-order valence-electron chi connectivity index (χ3n) is 5.26. The third-order valence-corrected chi connectivity index (χ3v) is 6.34. The summed E-state index contributed by atoms with van der Waals surface area (Å²) in [5.41, 5.74) is 9.18. The summed E-state index contributed by atoms with van der Waals surface area (Å²) in [7, 11) is 3.85. The minimum absolute atomic E-state index is 0.236. The largest absolute Gasteiger partial charge is 0.397 e. The summed E-state index contributed by atoms with van der Waals surface area (Å²) in [6.07, 6.45) is 0.475.